The number of carbonyl (C=O) groups excluding carboxylic acids is 1. The van der Waals surface area contributed by atoms with Crippen LogP contribution in [-0.2, 0) is 14.8 Å². The van der Waals surface area contributed by atoms with Crippen molar-refractivity contribution in [1.29, 1.82) is 0 Å². The molecule has 0 saturated heterocycles. The number of methoxy groups -OCH3 is 1. The molecule has 1 amide bonds. The Labute approximate surface area is 230 Å². The van der Waals surface area contributed by atoms with Gasteiger partial charge >= 0.3 is 0 Å². The van der Waals surface area contributed by atoms with Gasteiger partial charge in [0.15, 0.2) is 0 Å². The standard InChI is InChI=1S/C29H35N3O6S/c1-20-17-30-21(2)19-37-27-16-22(10-15-26(27)29(33)32(3)18-28(20)36-4)31-39(34,35)25-13-11-24(12-14-25)38-23-8-6-5-7-9-23/h5-16,20-21,28,30-31H,17-19H2,1-4H3/t20-,21-,28+/m1/s1. The molecule has 1 heterocycles. The molecule has 0 radical (unpaired) electrons. The van der Waals surface area contributed by atoms with E-state index in [-0.39, 0.29) is 34.6 Å². The maximum absolute atomic E-state index is 13.3. The molecule has 2 N–H and O–H groups in total. The van der Waals surface area contributed by atoms with Crippen molar-refractivity contribution in [3.63, 3.8) is 0 Å². The summed E-state index contributed by atoms with van der Waals surface area (Å²) in [6.45, 7) is 5.48. The Morgan fingerprint density at radius 3 is 2.38 bits per heavy atom. The Morgan fingerprint density at radius 2 is 1.69 bits per heavy atom. The number of fused-ring (bicyclic) bond motifs is 1. The molecule has 10 heteroatoms. The van der Waals surface area contributed by atoms with Crippen molar-refractivity contribution >= 4 is 21.6 Å². The molecule has 3 atom stereocenters. The average molecular weight is 554 g/mol. The summed E-state index contributed by atoms with van der Waals surface area (Å²) in [5.74, 6) is 1.42. The van der Waals surface area contributed by atoms with Gasteiger partial charge in [0.2, 0.25) is 0 Å². The van der Waals surface area contributed by atoms with Crippen LogP contribution in [0.25, 0.3) is 0 Å². The zero-order valence-electron chi connectivity index (χ0n) is 22.6. The van der Waals surface area contributed by atoms with E-state index in [0.717, 1.165) is 0 Å². The zero-order chi connectivity index (χ0) is 28.0. The minimum atomic E-state index is -3.91. The Balaban J connectivity index is 1.54. The minimum absolute atomic E-state index is 0.00188. The number of nitrogens with zero attached hydrogens (tertiary/aromatic N) is 1. The first-order chi connectivity index (χ1) is 18.7. The summed E-state index contributed by atoms with van der Waals surface area (Å²) in [6.07, 6.45) is -0.141. The molecule has 1 aliphatic rings. The fourth-order valence-corrected chi connectivity index (χ4v) is 5.29. The monoisotopic (exact) mass is 553 g/mol. The van der Waals surface area contributed by atoms with Crippen LogP contribution in [0.15, 0.2) is 77.7 Å². The van der Waals surface area contributed by atoms with Gasteiger partial charge in [-0.25, -0.2) is 8.42 Å². The van der Waals surface area contributed by atoms with E-state index in [9.17, 15) is 13.2 Å². The zero-order valence-corrected chi connectivity index (χ0v) is 23.4. The number of carbonyl (C=O) groups is 1. The van der Waals surface area contributed by atoms with Crippen molar-refractivity contribution < 1.29 is 27.4 Å². The van der Waals surface area contributed by atoms with E-state index in [0.29, 0.717) is 42.5 Å². The molecule has 0 unspecified atom stereocenters. The molecule has 0 bridgehead atoms. The third kappa shape index (κ3) is 7.29. The third-order valence-electron chi connectivity index (χ3n) is 6.59. The lowest BCUT2D eigenvalue weighted by molar-refractivity contribution is 0.0281. The molecule has 0 aliphatic carbocycles. The molecule has 39 heavy (non-hydrogen) atoms. The van der Waals surface area contributed by atoms with Gasteiger partial charge in [0.05, 0.1) is 22.3 Å². The van der Waals surface area contributed by atoms with Gasteiger partial charge in [0, 0.05) is 39.4 Å². The Morgan fingerprint density at radius 1 is 1.00 bits per heavy atom. The molecule has 1 aliphatic heterocycles. The second-order valence-electron chi connectivity index (χ2n) is 9.76. The van der Waals surface area contributed by atoms with Crippen LogP contribution in [0.2, 0.25) is 0 Å². The molecule has 3 aromatic carbocycles. The number of rotatable bonds is 6. The predicted octanol–water partition coefficient (Wildman–Crippen LogP) is 4.37. The van der Waals surface area contributed by atoms with Crippen LogP contribution in [0.3, 0.4) is 0 Å². The maximum Gasteiger partial charge on any atom is 0.261 e. The van der Waals surface area contributed by atoms with Gasteiger partial charge in [0.1, 0.15) is 23.9 Å². The summed E-state index contributed by atoms with van der Waals surface area (Å²) in [6, 6.07) is 20.1. The Hall–Kier alpha value is -3.60. The van der Waals surface area contributed by atoms with Gasteiger partial charge in [-0.3, -0.25) is 9.52 Å². The summed E-state index contributed by atoms with van der Waals surface area (Å²) in [5.41, 5.74) is 0.628. The number of benzene rings is 3. The van der Waals surface area contributed by atoms with Crippen LogP contribution in [-0.4, -0.2) is 65.2 Å². The van der Waals surface area contributed by atoms with Crippen LogP contribution in [0.4, 0.5) is 5.69 Å². The number of sulfonamides is 1. The summed E-state index contributed by atoms with van der Waals surface area (Å²) in [7, 11) is -0.543. The number of ether oxygens (including phenoxy) is 3. The molecular formula is C29H35N3O6S. The van der Waals surface area contributed by atoms with Gasteiger partial charge in [0.25, 0.3) is 15.9 Å². The van der Waals surface area contributed by atoms with Crippen molar-refractivity contribution in [2.75, 3.05) is 38.6 Å². The number of anilines is 1. The van der Waals surface area contributed by atoms with Crippen molar-refractivity contribution in [3.05, 3.63) is 78.4 Å². The first kappa shape index (κ1) is 28.4. The maximum atomic E-state index is 13.3. The van der Waals surface area contributed by atoms with E-state index in [2.05, 4.69) is 17.0 Å². The average Bonchev–Trinajstić information content (AvgIpc) is 2.93. The number of para-hydroxylation sites is 1. The SMILES string of the molecule is CO[C@H]1CN(C)C(=O)c2ccc(NS(=O)(=O)c3ccc(Oc4ccccc4)cc3)cc2OC[C@@H](C)NC[C@H]1C. The molecule has 0 spiro atoms. The lowest BCUT2D eigenvalue weighted by atomic mass is 10.0. The molecule has 0 aromatic heterocycles. The molecule has 208 valence electrons. The largest absolute Gasteiger partial charge is 0.491 e. The van der Waals surface area contributed by atoms with E-state index < -0.39 is 10.0 Å². The quantitative estimate of drug-likeness (QED) is 0.467. The number of hydrogen-bond donors (Lipinski definition) is 2. The fourth-order valence-electron chi connectivity index (χ4n) is 4.24. The van der Waals surface area contributed by atoms with Crippen LogP contribution < -0.4 is 19.5 Å². The second kappa shape index (κ2) is 12.5. The van der Waals surface area contributed by atoms with Gasteiger partial charge in [-0.05, 0) is 61.4 Å². The normalized spacial score (nSPS) is 20.7. The van der Waals surface area contributed by atoms with Crippen LogP contribution in [0, 0.1) is 5.92 Å². The molecule has 0 fully saturated rings. The lowest BCUT2D eigenvalue weighted by Crippen LogP contribution is -2.44. The van der Waals surface area contributed by atoms with Crippen LogP contribution in [0.5, 0.6) is 17.2 Å². The summed E-state index contributed by atoms with van der Waals surface area (Å²) in [5, 5.41) is 3.44. The van der Waals surface area contributed by atoms with Gasteiger partial charge in [-0.2, -0.15) is 0 Å². The number of likely N-dealkylation sites (N-methyl/N-ethyl adjacent to an activating group) is 1. The highest BCUT2D eigenvalue weighted by Crippen LogP contribution is 2.28. The van der Waals surface area contributed by atoms with E-state index >= 15 is 0 Å². The van der Waals surface area contributed by atoms with E-state index in [1.54, 1.807) is 49.4 Å². The van der Waals surface area contributed by atoms with Crippen LogP contribution in [0.1, 0.15) is 24.2 Å². The van der Waals surface area contributed by atoms with Gasteiger partial charge < -0.3 is 24.4 Å². The smallest absolute Gasteiger partial charge is 0.261 e. The molecule has 3 aromatic rings. The predicted molar refractivity (Wildman–Crippen MR) is 150 cm³/mol. The summed E-state index contributed by atoms with van der Waals surface area (Å²) < 4.78 is 46.3. The number of nitrogens with one attached hydrogen (secondary N) is 2. The van der Waals surface area contributed by atoms with Crippen molar-refractivity contribution in [1.82, 2.24) is 10.2 Å². The Bertz CT molecular complexity index is 1370. The summed E-state index contributed by atoms with van der Waals surface area (Å²) >= 11 is 0. The summed E-state index contributed by atoms with van der Waals surface area (Å²) in [4.78, 5) is 15.0. The molecular weight excluding hydrogens is 518 g/mol. The number of amides is 1. The van der Waals surface area contributed by atoms with Gasteiger partial charge in [-0.1, -0.05) is 25.1 Å². The fraction of sp³-hybridized carbons (Fsp3) is 0.345. The first-order valence-corrected chi connectivity index (χ1v) is 14.3. The highest BCUT2D eigenvalue weighted by atomic mass is 32.2. The van der Waals surface area contributed by atoms with E-state index in [4.69, 9.17) is 14.2 Å². The second-order valence-corrected chi connectivity index (χ2v) is 11.4. The Kier molecular flexibility index (Phi) is 9.11. The topological polar surface area (TPSA) is 106 Å². The molecule has 0 saturated carbocycles. The third-order valence-corrected chi connectivity index (χ3v) is 7.99. The van der Waals surface area contributed by atoms with Gasteiger partial charge in [-0.15, -0.1) is 0 Å². The van der Waals surface area contributed by atoms with Crippen molar-refractivity contribution in [2.24, 2.45) is 5.92 Å². The highest BCUT2D eigenvalue weighted by molar-refractivity contribution is 7.92. The molecule has 4 rings (SSSR count). The molecule has 9 nitrogen and oxygen atoms in total. The highest BCUT2D eigenvalue weighted by Gasteiger charge is 2.26. The van der Waals surface area contributed by atoms with E-state index in [1.165, 1.54) is 12.1 Å². The first-order valence-electron chi connectivity index (χ1n) is 12.8. The number of hydrogen-bond acceptors (Lipinski definition) is 7. The lowest BCUT2D eigenvalue weighted by Gasteiger charge is -2.30. The van der Waals surface area contributed by atoms with E-state index in [1.807, 2.05) is 37.3 Å². The van der Waals surface area contributed by atoms with Crippen molar-refractivity contribution in [3.8, 4) is 17.2 Å². The van der Waals surface area contributed by atoms with Crippen molar-refractivity contribution in [2.45, 2.75) is 30.9 Å². The van der Waals surface area contributed by atoms with Crippen LogP contribution >= 0.6 is 0 Å². The minimum Gasteiger partial charge on any atom is -0.491 e.